The molecule has 0 aliphatic heterocycles. The van der Waals surface area contributed by atoms with E-state index in [1.807, 2.05) is 47.8 Å². The molecule has 2 rings (SSSR count). The molecule has 0 amide bonds. The van der Waals surface area contributed by atoms with Gasteiger partial charge in [0, 0.05) is 21.3 Å². The Balaban J connectivity index is 1.78. The molecule has 0 aliphatic carbocycles. The summed E-state index contributed by atoms with van der Waals surface area (Å²) < 4.78 is 10.4. The van der Waals surface area contributed by atoms with Crippen molar-refractivity contribution in [1.29, 1.82) is 0 Å². The largest absolute Gasteiger partial charge is 0.497 e. The molecule has 0 saturated carbocycles. The van der Waals surface area contributed by atoms with Crippen molar-refractivity contribution in [3.8, 4) is 11.5 Å². The van der Waals surface area contributed by atoms with Crippen LogP contribution in [-0.4, -0.2) is 25.7 Å². The Morgan fingerprint density at radius 3 is 1.60 bits per heavy atom. The highest BCUT2D eigenvalue weighted by atomic mass is 32.2. The highest BCUT2D eigenvalue weighted by molar-refractivity contribution is 8.03. The van der Waals surface area contributed by atoms with Gasteiger partial charge < -0.3 is 9.47 Å². The van der Waals surface area contributed by atoms with Crippen molar-refractivity contribution >= 4 is 23.5 Å². The highest BCUT2D eigenvalue weighted by Gasteiger charge is 1.99. The molecule has 2 aromatic rings. The van der Waals surface area contributed by atoms with Crippen LogP contribution in [0.1, 0.15) is 0 Å². The summed E-state index contributed by atoms with van der Waals surface area (Å²) >= 11 is 3.69. The third-order valence-electron chi connectivity index (χ3n) is 2.70. The van der Waals surface area contributed by atoms with Gasteiger partial charge in [0.25, 0.3) is 0 Å². The Labute approximate surface area is 128 Å². The Hall–Kier alpha value is -1.26. The van der Waals surface area contributed by atoms with Crippen LogP contribution >= 0.6 is 23.5 Å². The molecule has 2 nitrogen and oxygen atoms in total. The van der Waals surface area contributed by atoms with Crippen LogP contribution in [-0.2, 0) is 0 Å². The van der Waals surface area contributed by atoms with Crippen LogP contribution in [0, 0.1) is 0 Å². The Bertz CT molecular complexity index is 494. The minimum atomic E-state index is 0.912. The quantitative estimate of drug-likeness (QED) is 0.550. The van der Waals surface area contributed by atoms with Gasteiger partial charge in [0.1, 0.15) is 11.5 Å². The zero-order valence-electron chi connectivity index (χ0n) is 11.7. The standard InChI is InChI=1S/C16H18O2S2/c1-17-13-5-3-7-15(11-13)19-9-10-20-16-8-4-6-14(12-16)18-2/h3-8,11-12H,9-10H2,1-2H3. The maximum atomic E-state index is 5.22. The van der Waals surface area contributed by atoms with Crippen LogP contribution in [0.4, 0.5) is 0 Å². The molecule has 0 spiro atoms. The van der Waals surface area contributed by atoms with Crippen LogP contribution in [0.15, 0.2) is 58.3 Å². The predicted octanol–water partition coefficient (Wildman–Crippen LogP) is 4.59. The highest BCUT2D eigenvalue weighted by Crippen LogP contribution is 2.27. The lowest BCUT2D eigenvalue weighted by Crippen LogP contribution is -1.87. The lowest BCUT2D eigenvalue weighted by molar-refractivity contribution is 0.413. The molecule has 0 radical (unpaired) electrons. The first-order chi connectivity index (χ1) is 9.81. The molecule has 0 bridgehead atoms. The van der Waals surface area contributed by atoms with Gasteiger partial charge in [-0.2, -0.15) is 0 Å². The predicted molar refractivity (Wildman–Crippen MR) is 87.4 cm³/mol. The van der Waals surface area contributed by atoms with Gasteiger partial charge in [0.2, 0.25) is 0 Å². The third kappa shape index (κ3) is 4.69. The Morgan fingerprint density at radius 1 is 0.750 bits per heavy atom. The van der Waals surface area contributed by atoms with Crippen LogP contribution in [0.5, 0.6) is 11.5 Å². The van der Waals surface area contributed by atoms with Crippen molar-refractivity contribution in [1.82, 2.24) is 0 Å². The summed E-state index contributed by atoms with van der Waals surface area (Å²) in [5, 5.41) is 0. The van der Waals surface area contributed by atoms with Crippen molar-refractivity contribution in [2.75, 3.05) is 25.7 Å². The van der Waals surface area contributed by atoms with Crippen LogP contribution < -0.4 is 9.47 Å². The number of ether oxygens (including phenoxy) is 2. The van der Waals surface area contributed by atoms with Crippen LogP contribution in [0.25, 0.3) is 0 Å². The Morgan fingerprint density at radius 2 is 1.20 bits per heavy atom. The van der Waals surface area contributed by atoms with Gasteiger partial charge in [-0.1, -0.05) is 12.1 Å². The van der Waals surface area contributed by atoms with Crippen LogP contribution in [0.3, 0.4) is 0 Å². The first-order valence-corrected chi connectivity index (χ1v) is 8.32. The molecule has 0 atom stereocenters. The summed E-state index contributed by atoms with van der Waals surface area (Å²) in [6.07, 6.45) is 0. The molecular formula is C16H18O2S2. The molecule has 0 heterocycles. The smallest absolute Gasteiger partial charge is 0.119 e. The van der Waals surface area contributed by atoms with E-state index in [4.69, 9.17) is 9.47 Å². The minimum absolute atomic E-state index is 0.912. The number of thioether (sulfide) groups is 2. The van der Waals surface area contributed by atoms with Crippen molar-refractivity contribution in [2.24, 2.45) is 0 Å². The number of hydrogen-bond donors (Lipinski definition) is 0. The summed E-state index contributed by atoms with van der Waals surface area (Å²) in [6, 6.07) is 16.4. The van der Waals surface area contributed by atoms with E-state index in [-0.39, 0.29) is 0 Å². The first kappa shape index (κ1) is 15.1. The van der Waals surface area contributed by atoms with E-state index in [2.05, 4.69) is 24.3 Å². The number of hydrogen-bond acceptors (Lipinski definition) is 4. The monoisotopic (exact) mass is 306 g/mol. The third-order valence-corrected chi connectivity index (χ3v) is 4.95. The summed E-state index contributed by atoms with van der Waals surface area (Å²) in [4.78, 5) is 2.49. The van der Waals surface area contributed by atoms with E-state index in [1.54, 1.807) is 14.2 Å². The van der Waals surface area contributed by atoms with E-state index in [1.165, 1.54) is 9.79 Å². The maximum absolute atomic E-state index is 5.22. The molecule has 0 unspecified atom stereocenters. The minimum Gasteiger partial charge on any atom is -0.497 e. The SMILES string of the molecule is COc1cccc(SCCSc2cccc(OC)c2)c1. The lowest BCUT2D eigenvalue weighted by Gasteiger charge is -2.05. The van der Waals surface area contributed by atoms with E-state index in [0.717, 1.165) is 23.0 Å². The normalized spacial score (nSPS) is 10.3. The average molecular weight is 306 g/mol. The molecule has 0 saturated heterocycles. The van der Waals surface area contributed by atoms with E-state index < -0.39 is 0 Å². The molecule has 20 heavy (non-hydrogen) atoms. The molecule has 0 aliphatic rings. The van der Waals surface area contributed by atoms with Gasteiger partial charge >= 0.3 is 0 Å². The summed E-state index contributed by atoms with van der Waals surface area (Å²) in [6.45, 7) is 0. The van der Waals surface area contributed by atoms with Gasteiger partial charge in [-0.25, -0.2) is 0 Å². The molecule has 2 aromatic carbocycles. The fraction of sp³-hybridized carbons (Fsp3) is 0.250. The zero-order valence-corrected chi connectivity index (χ0v) is 13.3. The summed E-state index contributed by atoms with van der Waals surface area (Å²) in [5.41, 5.74) is 0. The maximum Gasteiger partial charge on any atom is 0.119 e. The second-order valence-corrected chi connectivity index (χ2v) is 6.39. The summed E-state index contributed by atoms with van der Waals surface area (Å²) in [7, 11) is 3.39. The van der Waals surface area contributed by atoms with Crippen LogP contribution in [0.2, 0.25) is 0 Å². The molecule has 0 fully saturated rings. The molecule has 106 valence electrons. The number of rotatable bonds is 7. The van der Waals surface area contributed by atoms with Crippen molar-refractivity contribution in [3.05, 3.63) is 48.5 Å². The second kappa shape index (κ2) is 8.12. The number of methoxy groups -OCH3 is 2. The van der Waals surface area contributed by atoms with Gasteiger partial charge in [-0.15, -0.1) is 23.5 Å². The molecule has 4 heteroatoms. The molecule has 0 aromatic heterocycles. The van der Waals surface area contributed by atoms with E-state index in [9.17, 15) is 0 Å². The second-order valence-electron chi connectivity index (χ2n) is 4.05. The van der Waals surface area contributed by atoms with Crippen molar-refractivity contribution in [2.45, 2.75) is 9.79 Å². The zero-order chi connectivity index (χ0) is 14.2. The topological polar surface area (TPSA) is 18.5 Å². The fourth-order valence-corrected chi connectivity index (χ4v) is 3.59. The van der Waals surface area contributed by atoms with Crippen molar-refractivity contribution < 1.29 is 9.47 Å². The van der Waals surface area contributed by atoms with E-state index >= 15 is 0 Å². The Kier molecular flexibility index (Phi) is 6.15. The van der Waals surface area contributed by atoms with E-state index in [0.29, 0.717) is 0 Å². The van der Waals surface area contributed by atoms with Gasteiger partial charge in [0.15, 0.2) is 0 Å². The first-order valence-electron chi connectivity index (χ1n) is 6.35. The van der Waals surface area contributed by atoms with Gasteiger partial charge in [-0.3, -0.25) is 0 Å². The van der Waals surface area contributed by atoms with Crippen molar-refractivity contribution in [3.63, 3.8) is 0 Å². The van der Waals surface area contributed by atoms with Gasteiger partial charge in [-0.05, 0) is 36.4 Å². The number of benzene rings is 2. The fourth-order valence-electron chi connectivity index (χ4n) is 1.70. The lowest BCUT2D eigenvalue weighted by atomic mass is 10.3. The summed E-state index contributed by atoms with van der Waals surface area (Å²) in [5.74, 6) is 3.95. The van der Waals surface area contributed by atoms with Gasteiger partial charge in [0.05, 0.1) is 14.2 Å². The average Bonchev–Trinajstić information content (AvgIpc) is 2.52. The molecule has 0 N–H and O–H groups in total. The molecular weight excluding hydrogens is 288 g/mol.